The van der Waals surface area contributed by atoms with Gasteiger partial charge < -0.3 is 14.8 Å². The van der Waals surface area contributed by atoms with E-state index in [9.17, 15) is 9.59 Å². The van der Waals surface area contributed by atoms with Gasteiger partial charge in [0, 0.05) is 0 Å². The quantitative estimate of drug-likeness (QED) is 0.660. The largest absolute Gasteiger partial charge is 0.444 e. The molecule has 2 unspecified atom stereocenters. The molecule has 1 N–H and O–H groups in total. The van der Waals surface area contributed by atoms with Crippen LogP contribution in [0.25, 0.3) is 0 Å². The Morgan fingerprint density at radius 1 is 1.07 bits per heavy atom. The molecule has 0 spiro atoms. The molecule has 0 radical (unpaired) electrons. The SMILES string of the molecule is CC(C)C(Cc1ccc(C(C)(C)C)cc1)CC(C=O)NC(=O)OC(C)(C)C. The van der Waals surface area contributed by atoms with E-state index in [2.05, 4.69) is 64.2 Å². The third-order valence-corrected chi connectivity index (χ3v) is 4.68. The van der Waals surface area contributed by atoms with Crippen LogP contribution < -0.4 is 5.32 Å². The molecule has 4 heteroatoms. The van der Waals surface area contributed by atoms with Gasteiger partial charge >= 0.3 is 6.09 Å². The topological polar surface area (TPSA) is 55.4 Å². The number of alkyl carbamates (subject to hydrolysis) is 1. The highest BCUT2D eigenvalue weighted by Crippen LogP contribution is 2.26. The van der Waals surface area contributed by atoms with Crippen LogP contribution in [-0.4, -0.2) is 24.0 Å². The second-order valence-electron chi connectivity index (χ2n) is 9.78. The van der Waals surface area contributed by atoms with Crippen LogP contribution in [0.4, 0.5) is 4.79 Å². The van der Waals surface area contributed by atoms with Gasteiger partial charge in [-0.15, -0.1) is 0 Å². The monoisotopic (exact) mass is 375 g/mol. The van der Waals surface area contributed by atoms with Crippen LogP contribution in [0.5, 0.6) is 0 Å². The van der Waals surface area contributed by atoms with Crippen LogP contribution in [0.1, 0.15) is 72.9 Å². The van der Waals surface area contributed by atoms with E-state index in [1.165, 1.54) is 11.1 Å². The summed E-state index contributed by atoms with van der Waals surface area (Å²) in [6.07, 6.45) is 1.74. The van der Waals surface area contributed by atoms with Gasteiger partial charge in [-0.3, -0.25) is 0 Å². The molecule has 0 aliphatic heterocycles. The van der Waals surface area contributed by atoms with Crippen molar-refractivity contribution in [2.45, 2.75) is 85.3 Å². The first kappa shape index (κ1) is 23.2. The van der Waals surface area contributed by atoms with Crippen molar-refractivity contribution in [3.8, 4) is 0 Å². The molecular formula is C23H37NO3. The molecule has 0 saturated heterocycles. The molecule has 1 rings (SSSR count). The van der Waals surface area contributed by atoms with E-state index in [0.29, 0.717) is 12.3 Å². The lowest BCUT2D eigenvalue weighted by molar-refractivity contribution is -0.110. The maximum absolute atomic E-state index is 12.0. The zero-order valence-corrected chi connectivity index (χ0v) is 18.3. The number of hydrogen-bond acceptors (Lipinski definition) is 3. The maximum Gasteiger partial charge on any atom is 0.408 e. The van der Waals surface area contributed by atoms with Gasteiger partial charge in [0.1, 0.15) is 11.9 Å². The van der Waals surface area contributed by atoms with Crippen LogP contribution >= 0.6 is 0 Å². The van der Waals surface area contributed by atoms with Crippen molar-refractivity contribution in [2.24, 2.45) is 11.8 Å². The van der Waals surface area contributed by atoms with Crippen LogP contribution in [0.2, 0.25) is 0 Å². The number of rotatable bonds is 7. The van der Waals surface area contributed by atoms with Gasteiger partial charge in [-0.05, 0) is 62.0 Å². The minimum absolute atomic E-state index is 0.135. The molecule has 0 fully saturated rings. The molecule has 4 nitrogen and oxygen atoms in total. The van der Waals surface area contributed by atoms with E-state index in [0.717, 1.165) is 12.7 Å². The lowest BCUT2D eigenvalue weighted by Crippen LogP contribution is -2.41. The van der Waals surface area contributed by atoms with Gasteiger partial charge in [0.05, 0.1) is 6.04 Å². The molecule has 2 atom stereocenters. The number of amides is 1. The summed E-state index contributed by atoms with van der Waals surface area (Å²) in [6, 6.07) is 8.17. The zero-order chi connectivity index (χ0) is 20.8. The van der Waals surface area contributed by atoms with Crippen molar-refractivity contribution in [1.29, 1.82) is 0 Å². The summed E-state index contributed by atoms with van der Waals surface area (Å²) in [7, 11) is 0. The van der Waals surface area contributed by atoms with Crippen molar-refractivity contribution >= 4 is 12.4 Å². The van der Waals surface area contributed by atoms with Gasteiger partial charge in [0.15, 0.2) is 0 Å². The lowest BCUT2D eigenvalue weighted by Gasteiger charge is -2.26. The van der Waals surface area contributed by atoms with Gasteiger partial charge in [-0.1, -0.05) is 58.9 Å². The molecule has 1 aromatic rings. The third-order valence-electron chi connectivity index (χ3n) is 4.68. The fraction of sp³-hybridized carbons (Fsp3) is 0.652. The van der Waals surface area contributed by atoms with Crippen molar-refractivity contribution < 1.29 is 14.3 Å². The van der Waals surface area contributed by atoms with Crippen molar-refractivity contribution in [1.82, 2.24) is 5.32 Å². The van der Waals surface area contributed by atoms with Crippen LogP contribution in [0, 0.1) is 11.8 Å². The summed E-state index contributed by atoms with van der Waals surface area (Å²) in [4.78, 5) is 23.5. The first-order chi connectivity index (χ1) is 12.3. The number of aldehydes is 1. The molecule has 0 aliphatic carbocycles. The van der Waals surface area contributed by atoms with Crippen LogP contribution in [0.3, 0.4) is 0 Å². The lowest BCUT2D eigenvalue weighted by atomic mass is 9.82. The van der Waals surface area contributed by atoms with E-state index in [1.807, 2.05) is 0 Å². The summed E-state index contributed by atoms with van der Waals surface area (Å²) in [5.74, 6) is 0.686. The van der Waals surface area contributed by atoms with Gasteiger partial charge in [0.25, 0.3) is 0 Å². The van der Waals surface area contributed by atoms with Gasteiger partial charge in [-0.2, -0.15) is 0 Å². The van der Waals surface area contributed by atoms with Crippen LogP contribution in [0.15, 0.2) is 24.3 Å². The Kier molecular flexibility index (Phi) is 8.06. The summed E-state index contributed by atoms with van der Waals surface area (Å²) in [5.41, 5.74) is 2.12. The molecule has 0 aliphatic rings. The highest BCUT2D eigenvalue weighted by atomic mass is 16.6. The number of nitrogens with one attached hydrogen (secondary N) is 1. The maximum atomic E-state index is 12.0. The number of carbonyl (C=O) groups is 2. The summed E-state index contributed by atoms with van der Waals surface area (Å²) >= 11 is 0. The van der Waals surface area contributed by atoms with E-state index in [1.54, 1.807) is 20.8 Å². The van der Waals surface area contributed by atoms with E-state index >= 15 is 0 Å². The standard InChI is InChI=1S/C23H37NO3/c1-16(2)18(13-17-9-11-19(12-10-17)22(3,4)5)14-20(15-25)24-21(26)27-23(6,7)8/h9-12,15-16,18,20H,13-14H2,1-8H3,(H,24,26). The summed E-state index contributed by atoms with van der Waals surface area (Å²) in [5, 5.41) is 2.69. The molecule has 0 bridgehead atoms. The van der Waals surface area contributed by atoms with E-state index in [4.69, 9.17) is 4.74 Å². The first-order valence-electron chi connectivity index (χ1n) is 9.86. The van der Waals surface area contributed by atoms with Gasteiger partial charge in [-0.25, -0.2) is 4.79 Å². The predicted molar refractivity (Wildman–Crippen MR) is 111 cm³/mol. The molecule has 1 amide bonds. The predicted octanol–water partition coefficient (Wildman–Crippen LogP) is 5.28. The second kappa shape index (κ2) is 9.38. The van der Waals surface area contributed by atoms with Gasteiger partial charge in [0.2, 0.25) is 0 Å². The summed E-state index contributed by atoms with van der Waals surface area (Å²) in [6.45, 7) is 16.3. The molecular weight excluding hydrogens is 338 g/mol. The minimum Gasteiger partial charge on any atom is -0.444 e. The molecule has 1 aromatic carbocycles. The Bertz CT molecular complexity index is 606. The Morgan fingerprint density at radius 2 is 1.63 bits per heavy atom. The Balaban J connectivity index is 2.77. The first-order valence-corrected chi connectivity index (χ1v) is 9.86. The number of ether oxygens (including phenoxy) is 1. The Labute approximate surface area is 165 Å². The number of carbonyl (C=O) groups excluding carboxylic acids is 2. The minimum atomic E-state index is -0.580. The summed E-state index contributed by atoms with van der Waals surface area (Å²) < 4.78 is 5.27. The highest BCUT2D eigenvalue weighted by Gasteiger charge is 2.24. The van der Waals surface area contributed by atoms with Crippen molar-refractivity contribution in [2.75, 3.05) is 0 Å². The van der Waals surface area contributed by atoms with Crippen molar-refractivity contribution in [3.05, 3.63) is 35.4 Å². The average molecular weight is 376 g/mol. The fourth-order valence-electron chi connectivity index (χ4n) is 2.97. The molecule has 27 heavy (non-hydrogen) atoms. The number of hydrogen-bond donors (Lipinski definition) is 1. The Morgan fingerprint density at radius 3 is 2.04 bits per heavy atom. The van der Waals surface area contributed by atoms with Crippen LogP contribution in [-0.2, 0) is 21.4 Å². The van der Waals surface area contributed by atoms with Crippen molar-refractivity contribution in [3.63, 3.8) is 0 Å². The Hall–Kier alpha value is -1.84. The molecule has 0 heterocycles. The zero-order valence-electron chi connectivity index (χ0n) is 18.3. The fourth-order valence-corrected chi connectivity index (χ4v) is 2.97. The number of benzene rings is 1. The normalized spacial score (nSPS) is 14.6. The second-order valence-corrected chi connectivity index (χ2v) is 9.78. The smallest absolute Gasteiger partial charge is 0.408 e. The highest BCUT2D eigenvalue weighted by molar-refractivity contribution is 5.73. The van der Waals surface area contributed by atoms with E-state index < -0.39 is 17.7 Å². The van der Waals surface area contributed by atoms with E-state index in [-0.39, 0.29) is 11.3 Å². The molecule has 0 saturated carbocycles. The molecule has 152 valence electrons. The molecule has 0 aromatic heterocycles. The third kappa shape index (κ3) is 8.59. The average Bonchev–Trinajstić information content (AvgIpc) is 2.51.